The summed E-state index contributed by atoms with van der Waals surface area (Å²) in [6, 6.07) is 9.54. The van der Waals surface area contributed by atoms with E-state index in [-0.39, 0.29) is 24.5 Å². The highest BCUT2D eigenvalue weighted by atomic mass is 79.9. The average molecular weight is 384 g/mol. The summed E-state index contributed by atoms with van der Waals surface area (Å²) in [7, 11) is 0. The second-order valence-electron chi connectivity index (χ2n) is 4.40. The first-order valence-electron chi connectivity index (χ1n) is 6.48. The summed E-state index contributed by atoms with van der Waals surface area (Å²) in [5.74, 6) is -1.07. The second-order valence-corrected chi connectivity index (χ2v) is 5.31. The highest BCUT2D eigenvalue weighted by molar-refractivity contribution is 9.10. The van der Waals surface area contributed by atoms with Gasteiger partial charge in [0.05, 0.1) is 18.0 Å². The molecule has 0 aliphatic heterocycles. The van der Waals surface area contributed by atoms with Gasteiger partial charge in [0.15, 0.2) is 11.6 Å². The third kappa shape index (κ3) is 5.03. The molecule has 2 rings (SSSR count). The first kappa shape index (κ1) is 16.9. The fraction of sp³-hybridized carbons (Fsp3) is 0.133. The molecule has 0 saturated carbocycles. The topological polar surface area (TPSA) is 78.7 Å². The van der Waals surface area contributed by atoms with E-state index >= 15 is 0 Å². The van der Waals surface area contributed by atoms with Crippen LogP contribution >= 0.6 is 15.9 Å². The Kier molecular flexibility index (Phi) is 5.64. The number of rotatable bonds is 6. The van der Waals surface area contributed by atoms with Crippen LogP contribution in [0.2, 0.25) is 0 Å². The lowest BCUT2D eigenvalue weighted by molar-refractivity contribution is -0.384. The van der Waals surface area contributed by atoms with Gasteiger partial charge < -0.3 is 9.47 Å². The summed E-state index contributed by atoms with van der Waals surface area (Å²) in [6.07, 6.45) is -0.0908. The molecule has 0 radical (unpaired) electrons. The Morgan fingerprint density at radius 1 is 1.22 bits per heavy atom. The number of nitrogens with zero attached hydrogens (tertiary/aromatic N) is 1. The molecule has 0 atom stereocenters. The van der Waals surface area contributed by atoms with Gasteiger partial charge in [-0.2, -0.15) is 0 Å². The SMILES string of the molecule is O=C(CCOc1ccc([N+](=O)[O-])cc1)Oc1ccc(Br)cc1F. The third-order valence-electron chi connectivity index (χ3n) is 2.74. The maximum absolute atomic E-state index is 13.5. The molecule has 0 aliphatic carbocycles. The van der Waals surface area contributed by atoms with Gasteiger partial charge in [0.25, 0.3) is 5.69 Å². The average Bonchev–Trinajstić information content (AvgIpc) is 2.50. The van der Waals surface area contributed by atoms with Crippen molar-refractivity contribution in [3.63, 3.8) is 0 Å². The van der Waals surface area contributed by atoms with Crippen molar-refractivity contribution in [2.45, 2.75) is 6.42 Å². The van der Waals surface area contributed by atoms with E-state index in [0.717, 1.165) is 0 Å². The van der Waals surface area contributed by atoms with Gasteiger partial charge in [-0.3, -0.25) is 14.9 Å². The Morgan fingerprint density at radius 3 is 2.52 bits per heavy atom. The summed E-state index contributed by atoms with van der Waals surface area (Å²) in [4.78, 5) is 21.6. The highest BCUT2D eigenvalue weighted by Crippen LogP contribution is 2.22. The van der Waals surface area contributed by atoms with Gasteiger partial charge in [0, 0.05) is 16.6 Å². The van der Waals surface area contributed by atoms with E-state index in [1.165, 1.54) is 36.4 Å². The molecule has 8 heteroatoms. The van der Waals surface area contributed by atoms with Crippen LogP contribution in [0.4, 0.5) is 10.1 Å². The zero-order valence-electron chi connectivity index (χ0n) is 11.7. The van der Waals surface area contributed by atoms with Crippen LogP contribution in [-0.2, 0) is 4.79 Å². The molecule has 0 spiro atoms. The van der Waals surface area contributed by atoms with Crippen LogP contribution in [0.25, 0.3) is 0 Å². The summed E-state index contributed by atoms with van der Waals surface area (Å²) in [5.41, 5.74) is -0.0533. The lowest BCUT2D eigenvalue weighted by Crippen LogP contribution is -2.13. The predicted molar refractivity (Wildman–Crippen MR) is 82.9 cm³/mol. The van der Waals surface area contributed by atoms with Crippen molar-refractivity contribution in [3.8, 4) is 11.5 Å². The number of hydrogen-bond donors (Lipinski definition) is 0. The predicted octanol–water partition coefficient (Wildman–Crippen LogP) is 3.87. The van der Waals surface area contributed by atoms with Gasteiger partial charge in [-0.1, -0.05) is 15.9 Å². The van der Waals surface area contributed by atoms with Crippen LogP contribution in [0.1, 0.15) is 6.42 Å². The molecule has 6 nitrogen and oxygen atoms in total. The molecule has 23 heavy (non-hydrogen) atoms. The van der Waals surface area contributed by atoms with Gasteiger partial charge in [0.1, 0.15) is 5.75 Å². The minimum absolute atomic E-state index is 0.00872. The van der Waals surface area contributed by atoms with Crippen molar-refractivity contribution in [2.24, 2.45) is 0 Å². The Labute approximate surface area is 139 Å². The van der Waals surface area contributed by atoms with Crippen molar-refractivity contribution in [1.29, 1.82) is 0 Å². The Morgan fingerprint density at radius 2 is 1.91 bits per heavy atom. The molecular weight excluding hydrogens is 373 g/mol. The molecule has 0 amide bonds. The van der Waals surface area contributed by atoms with E-state index in [9.17, 15) is 19.3 Å². The maximum Gasteiger partial charge on any atom is 0.314 e. The number of nitro benzene ring substituents is 1. The molecule has 0 heterocycles. The fourth-order valence-corrected chi connectivity index (χ4v) is 1.98. The smallest absolute Gasteiger partial charge is 0.314 e. The van der Waals surface area contributed by atoms with Gasteiger partial charge in [-0.05, 0) is 30.3 Å². The van der Waals surface area contributed by atoms with Gasteiger partial charge in [0.2, 0.25) is 0 Å². The molecule has 0 saturated heterocycles. The number of hydrogen-bond acceptors (Lipinski definition) is 5. The maximum atomic E-state index is 13.5. The minimum Gasteiger partial charge on any atom is -0.493 e. The van der Waals surface area contributed by atoms with Gasteiger partial charge >= 0.3 is 5.97 Å². The van der Waals surface area contributed by atoms with Crippen molar-refractivity contribution in [3.05, 3.63) is 62.9 Å². The van der Waals surface area contributed by atoms with E-state index in [1.54, 1.807) is 6.07 Å². The van der Waals surface area contributed by atoms with E-state index in [2.05, 4.69) is 15.9 Å². The van der Waals surface area contributed by atoms with Crippen molar-refractivity contribution >= 4 is 27.6 Å². The monoisotopic (exact) mass is 383 g/mol. The molecule has 2 aromatic rings. The quantitative estimate of drug-likeness (QED) is 0.327. The van der Waals surface area contributed by atoms with Crippen LogP contribution in [-0.4, -0.2) is 17.5 Å². The number of halogens is 2. The Bertz CT molecular complexity index is 720. The Hall–Kier alpha value is -2.48. The molecule has 2 aromatic carbocycles. The lowest BCUT2D eigenvalue weighted by atomic mass is 10.3. The zero-order valence-corrected chi connectivity index (χ0v) is 13.3. The number of carbonyl (C=O) groups is 1. The summed E-state index contributed by atoms with van der Waals surface area (Å²) in [5, 5.41) is 10.5. The molecule has 0 aliphatic rings. The highest BCUT2D eigenvalue weighted by Gasteiger charge is 2.10. The summed E-state index contributed by atoms with van der Waals surface area (Å²) in [6.45, 7) is 0.00872. The van der Waals surface area contributed by atoms with Gasteiger partial charge in [-0.25, -0.2) is 4.39 Å². The molecule has 0 aromatic heterocycles. The number of nitro groups is 1. The van der Waals surface area contributed by atoms with Gasteiger partial charge in [-0.15, -0.1) is 0 Å². The van der Waals surface area contributed by atoms with E-state index < -0.39 is 16.7 Å². The van der Waals surface area contributed by atoms with E-state index in [1.807, 2.05) is 0 Å². The zero-order chi connectivity index (χ0) is 16.8. The molecule has 0 bridgehead atoms. The van der Waals surface area contributed by atoms with Crippen LogP contribution in [0.3, 0.4) is 0 Å². The normalized spacial score (nSPS) is 10.2. The van der Waals surface area contributed by atoms with Crippen LogP contribution in [0.5, 0.6) is 11.5 Å². The second kappa shape index (κ2) is 7.68. The van der Waals surface area contributed by atoms with Crippen LogP contribution in [0, 0.1) is 15.9 Å². The molecule has 0 N–H and O–H groups in total. The molecule has 0 fully saturated rings. The minimum atomic E-state index is -0.649. The van der Waals surface area contributed by atoms with Crippen molar-refractivity contribution in [2.75, 3.05) is 6.61 Å². The van der Waals surface area contributed by atoms with E-state index in [4.69, 9.17) is 9.47 Å². The molecule has 0 unspecified atom stereocenters. The fourth-order valence-electron chi connectivity index (χ4n) is 1.65. The first-order chi connectivity index (χ1) is 11.0. The Balaban J connectivity index is 1.81. The number of carbonyl (C=O) groups excluding carboxylic acids is 1. The lowest BCUT2D eigenvalue weighted by Gasteiger charge is -2.07. The number of benzene rings is 2. The van der Waals surface area contributed by atoms with Crippen LogP contribution in [0.15, 0.2) is 46.9 Å². The third-order valence-corrected chi connectivity index (χ3v) is 3.23. The standard InChI is InChI=1S/C15H11BrFNO5/c16-10-1-6-14(13(17)9-10)23-15(19)7-8-22-12-4-2-11(3-5-12)18(20)21/h1-6,9H,7-8H2. The molecule has 120 valence electrons. The van der Waals surface area contributed by atoms with Crippen molar-refractivity contribution in [1.82, 2.24) is 0 Å². The van der Waals surface area contributed by atoms with Crippen molar-refractivity contribution < 1.29 is 23.6 Å². The number of esters is 1. The summed E-state index contributed by atoms with van der Waals surface area (Å²) >= 11 is 3.10. The summed E-state index contributed by atoms with van der Waals surface area (Å²) < 4.78 is 24.2. The number of non-ortho nitro benzene ring substituents is 1. The van der Waals surface area contributed by atoms with E-state index in [0.29, 0.717) is 10.2 Å². The van der Waals surface area contributed by atoms with Crippen LogP contribution < -0.4 is 9.47 Å². The first-order valence-corrected chi connectivity index (χ1v) is 7.28. The number of ether oxygens (including phenoxy) is 2. The molecular formula is C15H11BrFNO5. The largest absolute Gasteiger partial charge is 0.493 e.